The number of halogens is 1. The molecule has 28 heavy (non-hydrogen) atoms. The number of amides is 1. The molecule has 6 heteroatoms. The molecular formula is C22H17FN4O. The predicted molar refractivity (Wildman–Crippen MR) is 106 cm³/mol. The highest BCUT2D eigenvalue weighted by Gasteiger charge is 2.19. The molecule has 0 bridgehead atoms. The van der Waals surface area contributed by atoms with Gasteiger partial charge in [-0.15, -0.1) is 0 Å². The van der Waals surface area contributed by atoms with Crippen LogP contribution < -0.4 is 5.32 Å². The summed E-state index contributed by atoms with van der Waals surface area (Å²) >= 11 is 0. The standard InChI is InChI=1S/C22H17FN4O/c1-15-12-17(23)9-10-20(15)25-22(28)19-14-27(18-7-3-2-4-8-18)26-21(19)16-6-5-11-24-13-16/h2-14H,1H3,(H,25,28). The van der Waals surface area contributed by atoms with Crippen molar-refractivity contribution in [3.63, 3.8) is 0 Å². The lowest BCUT2D eigenvalue weighted by Crippen LogP contribution is -2.13. The van der Waals surface area contributed by atoms with Crippen LogP contribution in [-0.2, 0) is 0 Å². The molecule has 0 saturated heterocycles. The molecular weight excluding hydrogens is 355 g/mol. The van der Waals surface area contributed by atoms with Crippen LogP contribution in [0.25, 0.3) is 16.9 Å². The van der Waals surface area contributed by atoms with Crippen LogP contribution >= 0.6 is 0 Å². The minimum absolute atomic E-state index is 0.323. The third kappa shape index (κ3) is 3.53. The topological polar surface area (TPSA) is 59.8 Å². The van der Waals surface area contributed by atoms with Crippen molar-refractivity contribution in [1.29, 1.82) is 0 Å². The van der Waals surface area contributed by atoms with Crippen molar-refractivity contribution in [1.82, 2.24) is 14.8 Å². The van der Waals surface area contributed by atoms with Gasteiger partial charge in [-0.2, -0.15) is 5.10 Å². The molecule has 0 fully saturated rings. The summed E-state index contributed by atoms with van der Waals surface area (Å²) < 4.78 is 15.0. The summed E-state index contributed by atoms with van der Waals surface area (Å²) in [5.41, 5.74) is 3.69. The van der Waals surface area contributed by atoms with E-state index in [0.29, 0.717) is 22.5 Å². The molecule has 2 heterocycles. The summed E-state index contributed by atoms with van der Waals surface area (Å²) in [6.45, 7) is 1.74. The van der Waals surface area contributed by atoms with Gasteiger partial charge in [0, 0.05) is 29.8 Å². The molecule has 0 atom stereocenters. The molecule has 2 aromatic heterocycles. The Kier molecular flexibility index (Phi) is 4.68. The van der Waals surface area contributed by atoms with Crippen molar-refractivity contribution in [2.45, 2.75) is 6.92 Å². The van der Waals surface area contributed by atoms with Gasteiger partial charge in [-0.25, -0.2) is 9.07 Å². The number of carbonyl (C=O) groups is 1. The van der Waals surface area contributed by atoms with Gasteiger partial charge in [0.2, 0.25) is 0 Å². The number of aryl methyl sites for hydroxylation is 1. The van der Waals surface area contributed by atoms with Crippen LogP contribution in [0.1, 0.15) is 15.9 Å². The van der Waals surface area contributed by atoms with Crippen molar-refractivity contribution in [2.24, 2.45) is 0 Å². The third-order valence-electron chi connectivity index (χ3n) is 4.35. The van der Waals surface area contributed by atoms with Gasteiger partial charge >= 0.3 is 0 Å². The smallest absolute Gasteiger partial charge is 0.259 e. The second kappa shape index (κ2) is 7.44. The predicted octanol–water partition coefficient (Wildman–Crippen LogP) is 4.63. The van der Waals surface area contributed by atoms with Gasteiger partial charge in [-0.3, -0.25) is 9.78 Å². The number of aromatic nitrogens is 3. The van der Waals surface area contributed by atoms with E-state index in [1.54, 1.807) is 42.3 Å². The number of anilines is 1. The summed E-state index contributed by atoms with van der Waals surface area (Å²) in [6.07, 6.45) is 5.02. The van der Waals surface area contributed by atoms with Crippen LogP contribution in [0.3, 0.4) is 0 Å². The fourth-order valence-electron chi connectivity index (χ4n) is 2.93. The molecule has 0 radical (unpaired) electrons. The zero-order chi connectivity index (χ0) is 19.5. The normalized spacial score (nSPS) is 10.6. The Morgan fingerprint density at radius 3 is 2.61 bits per heavy atom. The molecule has 0 spiro atoms. The van der Waals surface area contributed by atoms with Crippen LogP contribution in [0.2, 0.25) is 0 Å². The Morgan fingerprint density at radius 1 is 1.07 bits per heavy atom. The molecule has 1 N–H and O–H groups in total. The minimum Gasteiger partial charge on any atom is -0.322 e. The largest absolute Gasteiger partial charge is 0.322 e. The molecule has 4 aromatic rings. The van der Waals surface area contributed by atoms with Gasteiger partial charge in [0.15, 0.2) is 0 Å². The first-order valence-corrected chi connectivity index (χ1v) is 8.75. The van der Waals surface area contributed by atoms with E-state index in [4.69, 9.17) is 0 Å². The van der Waals surface area contributed by atoms with E-state index in [2.05, 4.69) is 15.4 Å². The average Bonchev–Trinajstić information content (AvgIpc) is 3.17. The number of hydrogen-bond donors (Lipinski definition) is 1. The van der Waals surface area contributed by atoms with Crippen LogP contribution in [0.15, 0.2) is 79.3 Å². The van der Waals surface area contributed by atoms with Gasteiger partial charge < -0.3 is 5.32 Å². The van der Waals surface area contributed by atoms with Gasteiger partial charge in [0.25, 0.3) is 5.91 Å². The number of benzene rings is 2. The molecule has 1 amide bonds. The number of rotatable bonds is 4. The molecule has 0 aliphatic heterocycles. The van der Waals surface area contributed by atoms with Crippen molar-refractivity contribution in [3.05, 3.63) is 96.2 Å². The van der Waals surface area contributed by atoms with Crippen molar-refractivity contribution in [3.8, 4) is 16.9 Å². The Hall–Kier alpha value is -3.80. The highest BCUT2D eigenvalue weighted by Crippen LogP contribution is 2.25. The van der Waals surface area contributed by atoms with Crippen molar-refractivity contribution >= 4 is 11.6 Å². The fraction of sp³-hybridized carbons (Fsp3) is 0.0455. The Labute approximate surface area is 161 Å². The molecule has 2 aromatic carbocycles. The summed E-state index contributed by atoms with van der Waals surface area (Å²) in [5, 5.41) is 7.46. The summed E-state index contributed by atoms with van der Waals surface area (Å²) in [7, 11) is 0. The number of nitrogens with zero attached hydrogens (tertiary/aromatic N) is 3. The quantitative estimate of drug-likeness (QED) is 0.568. The zero-order valence-electron chi connectivity index (χ0n) is 15.1. The number of hydrogen-bond acceptors (Lipinski definition) is 3. The van der Waals surface area contributed by atoms with Crippen LogP contribution in [0.4, 0.5) is 10.1 Å². The summed E-state index contributed by atoms with van der Waals surface area (Å²) in [6, 6.07) is 17.4. The first-order chi connectivity index (χ1) is 13.6. The lowest BCUT2D eigenvalue weighted by Gasteiger charge is -2.08. The molecule has 0 aliphatic rings. The van der Waals surface area contributed by atoms with Crippen molar-refractivity contribution < 1.29 is 9.18 Å². The maximum absolute atomic E-state index is 13.4. The third-order valence-corrected chi connectivity index (χ3v) is 4.35. The van der Waals surface area contributed by atoms with E-state index in [1.165, 1.54) is 12.1 Å². The first-order valence-electron chi connectivity index (χ1n) is 8.75. The van der Waals surface area contributed by atoms with Crippen molar-refractivity contribution in [2.75, 3.05) is 5.32 Å². The summed E-state index contributed by atoms with van der Waals surface area (Å²) in [4.78, 5) is 17.1. The molecule has 138 valence electrons. The second-order valence-corrected chi connectivity index (χ2v) is 6.33. The number of pyridine rings is 1. The van der Waals surface area contributed by atoms with Gasteiger partial charge in [-0.05, 0) is 55.0 Å². The highest BCUT2D eigenvalue weighted by atomic mass is 19.1. The van der Waals surface area contributed by atoms with E-state index in [9.17, 15) is 9.18 Å². The zero-order valence-corrected chi connectivity index (χ0v) is 15.1. The monoisotopic (exact) mass is 372 g/mol. The summed E-state index contributed by atoms with van der Waals surface area (Å²) in [5.74, 6) is -0.667. The number of para-hydroxylation sites is 1. The van der Waals surface area contributed by atoms with E-state index in [-0.39, 0.29) is 11.7 Å². The van der Waals surface area contributed by atoms with E-state index >= 15 is 0 Å². The second-order valence-electron chi connectivity index (χ2n) is 6.33. The molecule has 4 rings (SSSR count). The molecule has 0 unspecified atom stereocenters. The van der Waals surface area contributed by atoms with E-state index in [1.807, 2.05) is 36.4 Å². The number of nitrogens with one attached hydrogen (secondary N) is 1. The molecule has 5 nitrogen and oxygen atoms in total. The van der Waals surface area contributed by atoms with Crippen LogP contribution in [0.5, 0.6) is 0 Å². The first kappa shape index (κ1) is 17.6. The van der Waals surface area contributed by atoms with E-state index in [0.717, 1.165) is 11.3 Å². The van der Waals surface area contributed by atoms with Gasteiger partial charge in [0.05, 0.1) is 11.3 Å². The fourth-order valence-corrected chi connectivity index (χ4v) is 2.93. The average molecular weight is 372 g/mol. The van der Waals surface area contributed by atoms with Gasteiger partial charge in [0.1, 0.15) is 11.5 Å². The lowest BCUT2D eigenvalue weighted by atomic mass is 10.1. The Morgan fingerprint density at radius 2 is 1.89 bits per heavy atom. The minimum atomic E-state index is -0.344. The highest BCUT2D eigenvalue weighted by molar-refractivity contribution is 6.08. The van der Waals surface area contributed by atoms with Crippen LogP contribution in [0, 0.1) is 12.7 Å². The van der Waals surface area contributed by atoms with E-state index < -0.39 is 0 Å². The lowest BCUT2D eigenvalue weighted by molar-refractivity contribution is 0.102. The van der Waals surface area contributed by atoms with Gasteiger partial charge in [-0.1, -0.05) is 18.2 Å². The Bertz CT molecular complexity index is 1120. The maximum atomic E-state index is 13.4. The maximum Gasteiger partial charge on any atom is 0.259 e. The Balaban J connectivity index is 1.76. The van der Waals surface area contributed by atoms with Crippen LogP contribution in [-0.4, -0.2) is 20.7 Å². The molecule has 0 saturated carbocycles. The molecule has 0 aliphatic carbocycles. The SMILES string of the molecule is Cc1cc(F)ccc1NC(=O)c1cn(-c2ccccc2)nc1-c1cccnc1. The number of carbonyl (C=O) groups excluding carboxylic acids is 1.